The first kappa shape index (κ1) is 19.4. The molecule has 0 unspecified atom stereocenters. The van der Waals surface area contributed by atoms with Crippen LogP contribution in [0.1, 0.15) is 42.1 Å². The zero-order valence-corrected chi connectivity index (χ0v) is 17.3. The zero-order chi connectivity index (χ0) is 19.9. The second-order valence-corrected chi connectivity index (χ2v) is 9.81. The highest BCUT2D eigenvalue weighted by Gasteiger charge is 2.33. The number of hydrogen-bond acceptors (Lipinski definition) is 3. The van der Waals surface area contributed by atoms with E-state index in [-0.39, 0.29) is 27.4 Å². The summed E-state index contributed by atoms with van der Waals surface area (Å²) in [6.45, 7) is 3.02. The van der Waals surface area contributed by atoms with E-state index < -0.39 is 10.0 Å². The molecule has 0 bridgehead atoms. The molecule has 0 radical (unpaired) electrons. The van der Waals surface area contributed by atoms with Gasteiger partial charge < -0.3 is 4.90 Å². The Morgan fingerprint density at radius 2 is 1.79 bits per heavy atom. The summed E-state index contributed by atoms with van der Waals surface area (Å²) in [6.07, 6.45) is 3.54. The van der Waals surface area contributed by atoms with Crippen LogP contribution in [0.2, 0.25) is 5.02 Å². The van der Waals surface area contributed by atoms with Crippen molar-refractivity contribution >= 4 is 33.2 Å². The Kier molecular flexibility index (Phi) is 5.21. The summed E-state index contributed by atoms with van der Waals surface area (Å²) < 4.78 is 27.5. The lowest BCUT2D eigenvalue weighted by atomic mass is 10.1. The van der Waals surface area contributed by atoms with E-state index in [9.17, 15) is 13.2 Å². The van der Waals surface area contributed by atoms with Crippen molar-refractivity contribution in [3.05, 3.63) is 58.6 Å². The van der Waals surface area contributed by atoms with Crippen molar-refractivity contribution < 1.29 is 13.2 Å². The number of sulfonamides is 1. The number of piperidine rings is 1. The van der Waals surface area contributed by atoms with Gasteiger partial charge in [0.15, 0.2) is 0 Å². The van der Waals surface area contributed by atoms with E-state index >= 15 is 0 Å². The molecule has 2 aliphatic rings. The predicted molar refractivity (Wildman–Crippen MR) is 110 cm³/mol. The van der Waals surface area contributed by atoms with Crippen LogP contribution in [0.4, 0.5) is 5.69 Å². The lowest BCUT2D eigenvalue weighted by molar-refractivity contribution is 0.0981. The fourth-order valence-electron chi connectivity index (χ4n) is 4.09. The third kappa shape index (κ3) is 3.34. The number of rotatable bonds is 3. The van der Waals surface area contributed by atoms with Gasteiger partial charge in [0.25, 0.3) is 5.91 Å². The molecule has 2 heterocycles. The van der Waals surface area contributed by atoms with Gasteiger partial charge in [-0.2, -0.15) is 4.31 Å². The number of halogens is 1. The van der Waals surface area contributed by atoms with E-state index in [0.717, 1.165) is 36.9 Å². The first-order valence-electron chi connectivity index (χ1n) is 9.61. The molecule has 1 saturated heterocycles. The van der Waals surface area contributed by atoms with Gasteiger partial charge in [0, 0.05) is 24.8 Å². The highest BCUT2D eigenvalue weighted by Crippen LogP contribution is 2.35. The Bertz CT molecular complexity index is 1020. The van der Waals surface area contributed by atoms with Crippen LogP contribution >= 0.6 is 11.6 Å². The zero-order valence-electron chi connectivity index (χ0n) is 15.8. The molecule has 28 heavy (non-hydrogen) atoms. The van der Waals surface area contributed by atoms with Gasteiger partial charge in [-0.3, -0.25) is 4.79 Å². The van der Waals surface area contributed by atoms with Crippen molar-refractivity contribution in [1.29, 1.82) is 0 Å². The number of fused-ring (bicyclic) bond motifs is 1. The van der Waals surface area contributed by atoms with E-state index in [2.05, 4.69) is 0 Å². The molecule has 7 heteroatoms. The lowest BCUT2D eigenvalue weighted by Gasteiger charge is -2.27. The summed E-state index contributed by atoms with van der Waals surface area (Å²) in [5, 5.41) is 0.263. The summed E-state index contributed by atoms with van der Waals surface area (Å²) in [5.74, 6) is -0.266. The number of carbonyl (C=O) groups is 1. The predicted octanol–water partition coefficient (Wildman–Crippen LogP) is 4.11. The first-order valence-corrected chi connectivity index (χ1v) is 11.4. The molecule has 148 valence electrons. The Labute approximate surface area is 171 Å². The maximum absolute atomic E-state index is 13.3. The number of hydrogen-bond donors (Lipinski definition) is 0. The summed E-state index contributed by atoms with van der Waals surface area (Å²) in [5.41, 5.74) is 2.19. The largest absolute Gasteiger partial charge is 0.305 e. The standard InChI is InChI=1S/C21H23ClN2O3S/c1-15-13-16-7-3-4-8-20(16)24(15)21(25)18-14-17(9-10-19(18)22)28(26,27)23-11-5-2-6-12-23/h3-4,7-10,14-15H,2,5-6,11-13H2,1H3/t15-/m0/s1. The van der Waals surface area contributed by atoms with Crippen LogP contribution in [0.25, 0.3) is 0 Å². The minimum atomic E-state index is -3.63. The first-order chi connectivity index (χ1) is 13.4. The molecular formula is C21H23ClN2O3S. The van der Waals surface area contributed by atoms with Gasteiger partial charge in [0.1, 0.15) is 0 Å². The minimum absolute atomic E-state index is 0.0108. The number of nitrogens with zero attached hydrogens (tertiary/aromatic N) is 2. The van der Waals surface area contributed by atoms with Crippen molar-refractivity contribution in [3.8, 4) is 0 Å². The Balaban J connectivity index is 1.71. The van der Waals surface area contributed by atoms with Gasteiger partial charge in [0.05, 0.1) is 15.5 Å². The molecule has 2 aliphatic heterocycles. The van der Waals surface area contributed by atoms with Crippen LogP contribution in [0.3, 0.4) is 0 Å². The molecule has 2 aromatic rings. The van der Waals surface area contributed by atoms with E-state index in [0.29, 0.717) is 13.1 Å². The van der Waals surface area contributed by atoms with E-state index in [4.69, 9.17) is 11.6 Å². The molecule has 0 saturated carbocycles. The maximum Gasteiger partial charge on any atom is 0.260 e. The summed E-state index contributed by atoms with van der Waals surface area (Å²) in [4.78, 5) is 15.2. The van der Waals surface area contributed by atoms with Gasteiger partial charge in [0.2, 0.25) is 10.0 Å². The highest BCUT2D eigenvalue weighted by atomic mass is 35.5. The summed E-state index contributed by atoms with van der Waals surface area (Å²) in [7, 11) is -3.63. The van der Waals surface area contributed by atoms with E-state index in [1.807, 2.05) is 31.2 Å². The third-order valence-corrected chi connectivity index (χ3v) is 7.77. The molecule has 0 N–H and O–H groups in total. The minimum Gasteiger partial charge on any atom is -0.305 e. The van der Waals surface area contributed by atoms with Gasteiger partial charge in [-0.15, -0.1) is 0 Å². The number of benzene rings is 2. The Hall–Kier alpha value is -1.89. The van der Waals surface area contributed by atoms with Crippen LogP contribution in [0, 0.1) is 0 Å². The van der Waals surface area contributed by atoms with Crippen LogP contribution in [0.5, 0.6) is 0 Å². The lowest BCUT2D eigenvalue weighted by Crippen LogP contribution is -2.37. The molecule has 1 fully saturated rings. The molecule has 0 spiro atoms. The molecule has 2 aromatic carbocycles. The van der Waals surface area contributed by atoms with E-state index in [1.165, 1.54) is 22.5 Å². The molecule has 0 aliphatic carbocycles. The van der Waals surface area contributed by atoms with Gasteiger partial charge in [-0.25, -0.2) is 8.42 Å². The van der Waals surface area contributed by atoms with E-state index in [1.54, 1.807) is 4.90 Å². The number of carbonyl (C=O) groups excluding carboxylic acids is 1. The number of amides is 1. The van der Waals surface area contributed by atoms with Crippen molar-refractivity contribution in [2.24, 2.45) is 0 Å². The topological polar surface area (TPSA) is 57.7 Å². The third-order valence-electron chi connectivity index (χ3n) is 5.55. The van der Waals surface area contributed by atoms with Crippen LogP contribution in [0.15, 0.2) is 47.4 Å². The second kappa shape index (κ2) is 7.50. The molecule has 5 nitrogen and oxygen atoms in total. The number of para-hydroxylation sites is 1. The summed E-state index contributed by atoms with van der Waals surface area (Å²) in [6, 6.07) is 12.2. The van der Waals surface area contributed by atoms with Gasteiger partial charge in [-0.1, -0.05) is 36.2 Å². The molecule has 1 atom stereocenters. The average molecular weight is 419 g/mol. The molecule has 4 rings (SSSR count). The van der Waals surface area contributed by atoms with Crippen molar-refractivity contribution in [1.82, 2.24) is 4.31 Å². The van der Waals surface area contributed by atoms with Crippen molar-refractivity contribution in [3.63, 3.8) is 0 Å². The fraction of sp³-hybridized carbons (Fsp3) is 0.381. The van der Waals surface area contributed by atoms with Crippen LogP contribution in [-0.4, -0.2) is 37.8 Å². The van der Waals surface area contributed by atoms with Crippen molar-refractivity contribution in [2.75, 3.05) is 18.0 Å². The van der Waals surface area contributed by atoms with Gasteiger partial charge >= 0.3 is 0 Å². The Morgan fingerprint density at radius 3 is 2.54 bits per heavy atom. The second-order valence-electron chi connectivity index (χ2n) is 7.46. The van der Waals surface area contributed by atoms with Gasteiger partial charge in [-0.05, 0) is 56.0 Å². The fourth-order valence-corrected chi connectivity index (χ4v) is 5.83. The molecular weight excluding hydrogens is 396 g/mol. The SMILES string of the molecule is C[C@H]1Cc2ccccc2N1C(=O)c1cc(S(=O)(=O)N2CCCCC2)ccc1Cl. The van der Waals surface area contributed by atoms with Crippen LogP contribution in [-0.2, 0) is 16.4 Å². The normalized spacial score (nSPS) is 20.2. The molecule has 0 aromatic heterocycles. The maximum atomic E-state index is 13.3. The van der Waals surface area contributed by atoms with Crippen LogP contribution < -0.4 is 4.90 Å². The smallest absolute Gasteiger partial charge is 0.260 e. The molecule has 1 amide bonds. The number of anilines is 1. The monoisotopic (exact) mass is 418 g/mol. The Morgan fingerprint density at radius 1 is 1.07 bits per heavy atom. The highest BCUT2D eigenvalue weighted by molar-refractivity contribution is 7.89. The van der Waals surface area contributed by atoms with Crippen molar-refractivity contribution in [2.45, 2.75) is 43.5 Å². The quantitative estimate of drug-likeness (QED) is 0.753. The average Bonchev–Trinajstić information content (AvgIpc) is 3.04. The summed E-state index contributed by atoms with van der Waals surface area (Å²) >= 11 is 6.32.